The number of aromatic amines is 1. The number of thioether (sulfide) groups is 1. The van der Waals surface area contributed by atoms with Crippen molar-refractivity contribution in [3.05, 3.63) is 44.7 Å². The first-order chi connectivity index (χ1) is 12.7. The Kier molecular flexibility index (Phi) is 6.24. The molecule has 0 bridgehead atoms. The van der Waals surface area contributed by atoms with Gasteiger partial charge in [0.2, 0.25) is 5.56 Å². The van der Waals surface area contributed by atoms with E-state index < -0.39 is 0 Å². The highest BCUT2D eigenvalue weighted by Crippen LogP contribution is 2.28. The molecular weight excluding hydrogens is 368 g/mol. The molecule has 3 N–H and O–H groups in total. The minimum absolute atomic E-state index is 0.114. The molecule has 3 rings (SSSR count). The fraction of sp³-hybridized carbons (Fsp3) is 0.294. The predicted octanol–water partition coefficient (Wildman–Crippen LogP) is 2.44. The van der Waals surface area contributed by atoms with Crippen molar-refractivity contribution < 1.29 is 0 Å². The molecule has 0 aliphatic carbocycles. The van der Waals surface area contributed by atoms with Gasteiger partial charge in [-0.25, -0.2) is 4.98 Å². The Hall–Kier alpha value is -2.39. The van der Waals surface area contributed by atoms with Crippen LogP contribution in [0.5, 0.6) is 0 Å². The number of rotatable bonds is 6. The molecule has 26 heavy (non-hydrogen) atoms. The van der Waals surface area contributed by atoms with E-state index in [1.807, 2.05) is 17.7 Å². The van der Waals surface area contributed by atoms with Crippen LogP contribution < -0.4 is 16.2 Å². The van der Waals surface area contributed by atoms with Crippen LogP contribution in [0.2, 0.25) is 0 Å². The van der Waals surface area contributed by atoms with Crippen LogP contribution in [-0.2, 0) is 0 Å². The van der Waals surface area contributed by atoms with Crippen LogP contribution in [-0.4, -0.2) is 41.6 Å². The van der Waals surface area contributed by atoms with Crippen molar-refractivity contribution in [2.75, 3.05) is 19.0 Å². The zero-order chi connectivity index (χ0) is 18.4. The Labute approximate surface area is 159 Å². The topological polar surface area (TPSA) is 94.5 Å². The molecule has 0 spiro atoms. The van der Waals surface area contributed by atoms with Crippen LogP contribution in [0, 0.1) is 6.92 Å². The van der Waals surface area contributed by atoms with Gasteiger partial charge in [0, 0.05) is 41.2 Å². The molecule has 0 fully saturated rings. The molecule has 0 saturated carbocycles. The minimum Gasteiger partial charge on any atom is -0.356 e. The molecule has 0 radical (unpaired) electrons. The summed E-state index contributed by atoms with van der Waals surface area (Å²) < 4.78 is 0. The number of hydrogen-bond donors (Lipinski definition) is 3. The predicted molar refractivity (Wildman–Crippen MR) is 111 cm³/mol. The maximum absolute atomic E-state index is 11.4. The lowest BCUT2D eigenvalue weighted by Crippen LogP contribution is -2.40. The van der Waals surface area contributed by atoms with Crippen molar-refractivity contribution in [2.45, 2.75) is 13.3 Å². The van der Waals surface area contributed by atoms with Crippen LogP contribution >= 0.6 is 23.1 Å². The van der Waals surface area contributed by atoms with Gasteiger partial charge < -0.3 is 15.6 Å². The van der Waals surface area contributed by atoms with Crippen LogP contribution in [0.4, 0.5) is 0 Å². The smallest absolute Gasteiger partial charge is 0.248 e. The van der Waals surface area contributed by atoms with Crippen molar-refractivity contribution in [1.82, 2.24) is 20.6 Å². The second-order valence-electron chi connectivity index (χ2n) is 5.56. The number of H-pyrrole nitrogens is 1. The summed E-state index contributed by atoms with van der Waals surface area (Å²) in [7, 11) is 0. The zero-order valence-corrected chi connectivity index (χ0v) is 16.0. The van der Waals surface area contributed by atoms with E-state index in [-0.39, 0.29) is 5.56 Å². The second-order valence-corrected chi connectivity index (χ2v) is 7.27. The third-order valence-corrected chi connectivity index (χ3v) is 5.28. The van der Waals surface area contributed by atoms with Crippen LogP contribution in [0.25, 0.3) is 16.3 Å². The van der Waals surface area contributed by atoms with Gasteiger partial charge in [-0.3, -0.25) is 14.8 Å². The average Bonchev–Trinajstić information content (AvgIpc) is 3.12. The Morgan fingerprint density at radius 1 is 1.54 bits per heavy atom. The zero-order valence-electron chi connectivity index (χ0n) is 14.4. The maximum Gasteiger partial charge on any atom is 0.248 e. The summed E-state index contributed by atoms with van der Waals surface area (Å²) in [6.07, 6.45) is 1.07. The third-order valence-electron chi connectivity index (χ3n) is 3.70. The van der Waals surface area contributed by atoms with Gasteiger partial charge in [0.1, 0.15) is 10.7 Å². The lowest BCUT2D eigenvalue weighted by molar-refractivity contribution is 0.718. The van der Waals surface area contributed by atoms with Crippen molar-refractivity contribution >= 4 is 41.5 Å². The molecule has 2 aromatic heterocycles. The van der Waals surface area contributed by atoms with E-state index in [9.17, 15) is 4.79 Å². The Morgan fingerprint density at radius 2 is 2.42 bits per heavy atom. The molecule has 0 unspecified atom stereocenters. The lowest BCUT2D eigenvalue weighted by atomic mass is 10.2. The minimum atomic E-state index is -0.114. The number of nitrogens with one attached hydrogen (secondary N) is 3. The molecule has 2 aromatic rings. The number of nitrogens with zero attached hydrogens (tertiary/aromatic N) is 3. The first-order valence-electron chi connectivity index (χ1n) is 8.14. The average molecular weight is 389 g/mol. The summed E-state index contributed by atoms with van der Waals surface area (Å²) in [6.45, 7) is 7.33. The summed E-state index contributed by atoms with van der Waals surface area (Å²) >= 11 is 3.09. The van der Waals surface area contributed by atoms with E-state index in [1.165, 1.54) is 17.4 Å². The van der Waals surface area contributed by atoms with Gasteiger partial charge in [-0.15, -0.1) is 23.1 Å². The molecular formula is C17H20N6OS2. The van der Waals surface area contributed by atoms with Gasteiger partial charge in [0.15, 0.2) is 5.96 Å². The highest BCUT2D eigenvalue weighted by atomic mass is 32.2. The number of pyridine rings is 1. The van der Waals surface area contributed by atoms with E-state index in [4.69, 9.17) is 0 Å². The van der Waals surface area contributed by atoms with E-state index >= 15 is 0 Å². The normalized spacial score (nSPS) is 14.5. The largest absolute Gasteiger partial charge is 0.356 e. The van der Waals surface area contributed by atoms with Crippen LogP contribution in [0.3, 0.4) is 0 Å². The first kappa shape index (κ1) is 18.4. The molecule has 0 saturated heterocycles. The lowest BCUT2D eigenvalue weighted by Gasteiger charge is -2.15. The summed E-state index contributed by atoms with van der Waals surface area (Å²) in [5, 5.41) is 11.2. The highest BCUT2D eigenvalue weighted by molar-refractivity contribution is 8.02. The summed E-state index contributed by atoms with van der Waals surface area (Å²) in [6, 6.07) is 3.30. The Morgan fingerprint density at radius 3 is 3.15 bits per heavy atom. The Bertz CT molecular complexity index is 899. The van der Waals surface area contributed by atoms with Gasteiger partial charge in [-0.1, -0.05) is 0 Å². The van der Waals surface area contributed by atoms with Gasteiger partial charge in [0.25, 0.3) is 0 Å². The standard InChI is InChI=1S/C17H20N6OS2/c1-11-12(4-5-15(24)22-11)16-23-14(9-26-16)13(18-2)8-25-10-21-17-19-6-3-7-20-17/h4-5,8-9H,2-3,6-7,10H2,1H3,(H,22,24)(H2,19,20,21)/b13-8-. The summed E-state index contributed by atoms with van der Waals surface area (Å²) in [4.78, 5) is 27.3. The van der Waals surface area contributed by atoms with E-state index in [0.29, 0.717) is 5.88 Å². The first-order valence-corrected chi connectivity index (χ1v) is 10.1. The van der Waals surface area contributed by atoms with Gasteiger partial charge in [-0.2, -0.15) is 0 Å². The number of guanidine groups is 1. The quantitative estimate of drug-likeness (QED) is 0.401. The maximum atomic E-state index is 11.4. The third kappa shape index (κ3) is 4.61. The van der Waals surface area contributed by atoms with Gasteiger partial charge in [-0.05, 0) is 26.1 Å². The van der Waals surface area contributed by atoms with Gasteiger partial charge in [0.05, 0.1) is 11.6 Å². The molecule has 9 heteroatoms. The number of aliphatic imine (C=N–C) groups is 2. The molecule has 1 aliphatic heterocycles. The second kappa shape index (κ2) is 8.81. The molecule has 136 valence electrons. The molecule has 0 aromatic carbocycles. The highest BCUT2D eigenvalue weighted by Gasteiger charge is 2.10. The van der Waals surface area contributed by atoms with Crippen LogP contribution in [0.1, 0.15) is 17.8 Å². The SMILES string of the molecule is C=N/C(=C\SCNC1=NCCCN1)c1csc(-c2ccc(=O)[nH]c2C)n1. The molecule has 0 atom stereocenters. The number of thiazole rings is 1. The molecule has 3 heterocycles. The van der Waals surface area contributed by atoms with Crippen molar-refractivity contribution in [3.8, 4) is 10.6 Å². The van der Waals surface area contributed by atoms with Crippen molar-refractivity contribution in [2.24, 2.45) is 9.98 Å². The fourth-order valence-corrected chi connectivity index (χ4v) is 3.94. The van der Waals surface area contributed by atoms with Crippen molar-refractivity contribution in [1.29, 1.82) is 0 Å². The molecule has 7 nitrogen and oxygen atoms in total. The summed E-state index contributed by atoms with van der Waals surface area (Å²) in [5.74, 6) is 1.52. The fourth-order valence-electron chi connectivity index (χ4n) is 2.38. The number of aryl methyl sites for hydroxylation is 1. The molecule has 1 aliphatic rings. The van der Waals surface area contributed by atoms with Crippen molar-refractivity contribution in [3.63, 3.8) is 0 Å². The van der Waals surface area contributed by atoms with E-state index in [0.717, 1.165) is 53.1 Å². The van der Waals surface area contributed by atoms with E-state index in [2.05, 4.69) is 37.3 Å². The number of aromatic nitrogens is 2. The monoisotopic (exact) mass is 388 g/mol. The van der Waals surface area contributed by atoms with Gasteiger partial charge >= 0.3 is 0 Å². The van der Waals surface area contributed by atoms with E-state index in [1.54, 1.807) is 17.8 Å². The number of hydrogen-bond acceptors (Lipinski definition) is 8. The Balaban J connectivity index is 1.66. The summed E-state index contributed by atoms with van der Waals surface area (Å²) in [5.41, 5.74) is 3.10. The van der Waals surface area contributed by atoms with Crippen LogP contribution in [0.15, 0.2) is 37.7 Å². The molecule has 0 amide bonds.